The Labute approximate surface area is 199 Å². The van der Waals surface area contributed by atoms with Crippen molar-refractivity contribution in [2.24, 2.45) is 18.7 Å². The number of nitrogens with zero attached hydrogens (tertiary/aromatic N) is 3. The number of anilines is 1. The quantitative estimate of drug-likeness (QED) is 0.353. The summed E-state index contributed by atoms with van der Waals surface area (Å²) in [6.45, 7) is 6.99. The molecule has 2 aromatic rings. The third kappa shape index (κ3) is 6.49. The molecule has 1 amide bonds. The van der Waals surface area contributed by atoms with Crippen molar-refractivity contribution in [3.05, 3.63) is 24.0 Å². The average Bonchev–Trinajstić information content (AvgIpc) is 3.07. The Morgan fingerprint density at radius 2 is 1.91 bits per heavy atom. The first kappa shape index (κ1) is 26.2. The molecule has 2 rings (SSSR count). The molecule has 178 valence electrons. The fourth-order valence-electron chi connectivity index (χ4n) is 3.38. The van der Waals surface area contributed by atoms with Crippen LogP contribution in [0.15, 0.2) is 18.2 Å². The predicted octanol–water partition coefficient (Wildman–Crippen LogP) is 2.43. The van der Waals surface area contributed by atoms with E-state index in [1.165, 1.54) is 0 Å². The van der Waals surface area contributed by atoms with E-state index < -0.39 is 24.0 Å². The maximum absolute atomic E-state index is 12.5. The van der Waals surface area contributed by atoms with Gasteiger partial charge in [-0.15, -0.1) is 23.2 Å². The topological polar surface area (TPSA) is 102 Å². The van der Waals surface area contributed by atoms with Crippen molar-refractivity contribution < 1.29 is 14.3 Å². The molecule has 0 aliphatic carbocycles. The van der Waals surface area contributed by atoms with Gasteiger partial charge in [0.25, 0.3) is 0 Å². The number of imidazole rings is 1. The van der Waals surface area contributed by atoms with Gasteiger partial charge in [-0.05, 0) is 31.0 Å². The Morgan fingerprint density at radius 1 is 1.25 bits per heavy atom. The lowest BCUT2D eigenvalue weighted by molar-refractivity contribution is -0.147. The van der Waals surface area contributed by atoms with Crippen molar-refractivity contribution in [1.82, 2.24) is 14.9 Å². The number of hydrogen-bond donors (Lipinski definition) is 2. The van der Waals surface area contributed by atoms with Crippen molar-refractivity contribution in [2.45, 2.75) is 39.3 Å². The van der Waals surface area contributed by atoms with Crippen LogP contribution in [0.1, 0.15) is 26.6 Å². The summed E-state index contributed by atoms with van der Waals surface area (Å²) in [7, 11) is 1.88. The van der Waals surface area contributed by atoms with Gasteiger partial charge in [0.1, 0.15) is 11.9 Å². The minimum Gasteiger partial charge on any atom is -0.464 e. The number of rotatable bonds is 12. The molecule has 0 saturated heterocycles. The van der Waals surface area contributed by atoms with Gasteiger partial charge in [0, 0.05) is 44.0 Å². The van der Waals surface area contributed by atoms with Crippen LogP contribution in [0.2, 0.25) is 0 Å². The third-order valence-electron chi connectivity index (χ3n) is 5.33. The van der Waals surface area contributed by atoms with E-state index in [0.717, 1.165) is 16.7 Å². The monoisotopic (exact) mass is 485 g/mol. The maximum Gasteiger partial charge on any atom is 0.329 e. The Kier molecular flexibility index (Phi) is 10.1. The molecule has 1 heterocycles. The molecule has 2 atom stereocenters. The summed E-state index contributed by atoms with van der Waals surface area (Å²) in [5, 5.41) is 2.74. The number of ether oxygens (including phenoxy) is 1. The Bertz CT molecular complexity index is 912. The number of nitrogens with two attached hydrogens (primary N) is 1. The smallest absolute Gasteiger partial charge is 0.329 e. The number of amides is 1. The second kappa shape index (κ2) is 12.3. The lowest BCUT2D eigenvalue weighted by Gasteiger charge is -2.22. The third-order valence-corrected chi connectivity index (χ3v) is 5.66. The van der Waals surface area contributed by atoms with Crippen LogP contribution in [0.25, 0.3) is 11.0 Å². The van der Waals surface area contributed by atoms with Crippen LogP contribution in [-0.4, -0.2) is 65.0 Å². The summed E-state index contributed by atoms with van der Waals surface area (Å²) in [5.74, 6) is 0.659. The molecular weight excluding hydrogens is 453 g/mol. The number of fused-ring (bicyclic) bond motifs is 1. The molecule has 0 unspecified atom stereocenters. The van der Waals surface area contributed by atoms with E-state index in [-0.39, 0.29) is 18.9 Å². The number of hydrogen-bond acceptors (Lipinski definition) is 6. The number of esters is 1. The minimum absolute atomic E-state index is 0.0593. The molecule has 10 heteroatoms. The van der Waals surface area contributed by atoms with E-state index in [4.69, 9.17) is 38.7 Å². The van der Waals surface area contributed by atoms with Gasteiger partial charge in [0.05, 0.1) is 23.7 Å². The number of alkyl halides is 2. The van der Waals surface area contributed by atoms with Gasteiger partial charge in [-0.25, -0.2) is 9.78 Å². The molecule has 0 spiro atoms. The molecular formula is C22H33Cl2N5O3. The maximum atomic E-state index is 12.5. The highest BCUT2D eigenvalue weighted by atomic mass is 35.5. The number of carbonyl (C=O) groups is 2. The fourth-order valence-corrected chi connectivity index (χ4v) is 3.79. The number of nitrogens with one attached hydrogen (secondary N) is 1. The summed E-state index contributed by atoms with van der Waals surface area (Å²) in [5.41, 5.74) is 8.62. The number of halogens is 2. The number of aryl methyl sites for hydroxylation is 1. The van der Waals surface area contributed by atoms with E-state index in [1.807, 2.05) is 43.7 Å². The summed E-state index contributed by atoms with van der Waals surface area (Å²) < 4.78 is 7.08. The number of aromatic nitrogens is 2. The highest BCUT2D eigenvalue weighted by Gasteiger charge is 2.28. The highest BCUT2D eigenvalue weighted by molar-refractivity contribution is 6.18. The lowest BCUT2D eigenvalue weighted by atomic mass is 10.0. The minimum atomic E-state index is -0.883. The van der Waals surface area contributed by atoms with E-state index in [2.05, 4.69) is 10.2 Å². The Hall–Kier alpha value is -2.03. The number of benzene rings is 1. The van der Waals surface area contributed by atoms with Gasteiger partial charge >= 0.3 is 5.97 Å². The van der Waals surface area contributed by atoms with Gasteiger partial charge in [-0.2, -0.15) is 0 Å². The van der Waals surface area contributed by atoms with E-state index in [0.29, 0.717) is 30.7 Å². The van der Waals surface area contributed by atoms with Gasteiger partial charge in [0.15, 0.2) is 0 Å². The van der Waals surface area contributed by atoms with E-state index in [9.17, 15) is 9.59 Å². The van der Waals surface area contributed by atoms with Crippen molar-refractivity contribution in [1.29, 1.82) is 0 Å². The first-order chi connectivity index (χ1) is 15.2. The molecule has 0 fully saturated rings. The summed E-state index contributed by atoms with van der Waals surface area (Å²) >= 11 is 11.9. The van der Waals surface area contributed by atoms with Crippen molar-refractivity contribution in [3.8, 4) is 0 Å². The van der Waals surface area contributed by atoms with Crippen LogP contribution < -0.4 is 16.0 Å². The van der Waals surface area contributed by atoms with E-state index in [1.54, 1.807) is 6.92 Å². The van der Waals surface area contributed by atoms with Gasteiger partial charge < -0.3 is 25.3 Å². The molecule has 1 aromatic heterocycles. The Balaban J connectivity index is 2.32. The summed E-state index contributed by atoms with van der Waals surface area (Å²) in [6, 6.07) is 4.35. The molecule has 8 nitrogen and oxygen atoms in total. The molecule has 0 saturated carbocycles. The lowest BCUT2D eigenvalue weighted by Crippen LogP contribution is -2.51. The van der Waals surface area contributed by atoms with Gasteiger partial charge in [0.2, 0.25) is 5.91 Å². The standard InChI is InChI=1S/C22H33Cl2N5O3/c1-5-32-22(31)17(27-21(30)20(25)14(2)3)13-19-26-16-12-15(6-7-18(16)28(19)4)29(10-8-23)11-9-24/h6-7,12,14,17,20H,5,8-11,13,25H2,1-4H3,(H,27,30)/t17-,20-/m0/s1. The molecule has 32 heavy (non-hydrogen) atoms. The first-order valence-corrected chi connectivity index (χ1v) is 11.8. The molecule has 3 N–H and O–H groups in total. The van der Waals surface area contributed by atoms with Gasteiger partial charge in [-0.3, -0.25) is 4.79 Å². The van der Waals surface area contributed by atoms with Crippen LogP contribution in [0.3, 0.4) is 0 Å². The summed E-state index contributed by atoms with van der Waals surface area (Å²) in [4.78, 5) is 31.9. The van der Waals surface area contributed by atoms with Crippen LogP contribution in [0.5, 0.6) is 0 Å². The second-order valence-electron chi connectivity index (χ2n) is 7.91. The van der Waals surface area contributed by atoms with E-state index >= 15 is 0 Å². The summed E-state index contributed by atoms with van der Waals surface area (Å²) in [6.07, 6.45) is 0.184. The molecule has 0 radical (unpaired) electrons. The zero-order chi connectivity index (χ0) is 23.8. The zero-order valence-electron chi connectivity index (χ0n) is 19.1. The molecule has 0 bridgehead atoms. The first-order valence-electron chi connectivity index (χ1n) is 10.8. The SMILES string of the molecule is CCOC(=O)[C@H](Cc1nc2cc(N(CCCl)CCCl)ccc2n1C)NC(=O)[C@@H](N)C(C)C. The molecule has 0 aliphatic rings. The van der Waals surface area contributed by atoms with Crippen molar-refractivity contribution in [3.63, 3.8) is 0 Å². The molecule has 1 aromatic carbocycles. The van der Waals surface area contributed by atoms with Gasteiger partial charge in [-0.1, -0.05) is 13.8 Å². The predicted molar refractivity (Wildman–Crippen MR) is 129 cm³/mol. The zero-order valence-corrected chi connectivity index (χ0v) is 20.6. The van der Waals surface area contributed by atoms with Crippen LogP contribution in [0, 0.1) is 5.92 Å². The molecule has 0 aliphatic heterocycles. The van der Waals surface area contributed by atoms with Crippen molar-refractivity contribution >= 4 is 51.8 Å². The highest BCUT2D eigenvalue weighted by Crippen LogP contribution is 2.23. The van der Waals surface area contributed by atoms with Crippen molar-refractivity contribution in [2.75, 3.05) is 36.4 Å². The fraction of sp³-hybridized carbons (Fsp3) is 0.591. The normalized spacial score (nSPS) is 13.2. The van der Waals surface area contributed by atoms with Crippen LogP contribution in [-0.2, 0) is 27.8 Å². The largest absolute Gasteiger partial charge is 0.464 e. The number of carbonyl (C=O) groups excluding carboxylic acids is 2. The Morgan fingerprint density at radius 3 is 2.47 bits per heavy atom. The second-order valence-corrected chi connectivity index (χ2v) is 8.67. The average molecular weight is 486 g/mol. The van der Waals surface area contributed by atoms with Crippen LogP contribution in [0.4, 0.5) is 5.69 Å². The van der Waals surface area contributed by atoms with Crippen LogP contribution >= 0.6 is 23.2 Å².